The van der Waals surface area contributed by atoms with Crippen molar-refractivity contribution in [2.75, 3.05) is 20.0 Å². The van der Waals surface area contributed by atoms with Crippen LogP contribution in [0.25, 0.3) is 6.08 Å². The summed E-state index contributed by atoms with van der Waals surface area (Å²) in [4.78, 5) is 0.278. The summed E-state index contributed by atoms with van der Waals surface area (Å²) in [6.07, 6.45) is 5.03. The van der Waals surface area contributed by atoms with E-state index in [1.807, 2.05) is 0 Å². The van der Waals surface area contributed by atoms with Crippen LogP contribution in [-0.2, 0) is 9.84 Å². The molecule has 0 saturated carbocycles. The van der Waals surface area contributed by atoms with Crippen LogP contribution < -0.4 is 9.47 Å². The lowest BCUT2D eigenvalue weighted by molar-refractivity contribution is 0.353. The minimum absolute atomic E-state index is 0.0754. The summed E-state index contributed by atoms with van der Waals surface area (Å²) < 4.78 is 34.3. The van der Waals surface area contributed by atoms with Crippen molar-refractivity contribution in [3.8, 4) is 11.5 Å². The van der Waals surface area contributed by atoms with Gasteiger partial charge >= 0.3 is 0 Å². The van der Waals surface area contributed by atoms with Gasteiger partial charge in [0.25, 0.3) is 0 Å². The van der Waals surface area contributed by atoms with Crippen LogP contribution >= 0.6 is 0 Å². The Bertz CT molecular complexity index is 558. The highest BCUT2D eigenvalue weighted by molar-refractivity contribution is 7.91. The quantitative estimate of drug-likeness (QED) is 0.805. The van der Waals surface area contributed by atoms with Crippen molar-refractivity contribution in [3.63, 3.8) is 0 Å². The Balaban J connectivity index is 2.70. The fraction of sp³-hybridized carbons (Fsp3) is 0.333. The summed E-state index contributed by atoms with van der Waals surface area (Å²) in [6.45, 7) is 0. The summed E-state index contributed by atoms with van der Waals surface area (Å²) in [5.41, 5.74) is 0.597. The Morgan fingerprint density at radius 2 is 1.82 bits per heavy atom. The number of ether oxygens (including phenoxy) is 2. The molecule has 1 heterocycles. The minimum Gasteiger partial charge on any atom is -0.493 e. The molecule has 0 atom stereocenters. The van der Waals surface area contributed by atoms with E-state index in [9.17, 15) is 8.42 Å². The van der Waals surface area contributed by atoms with E-state index >= 15 is 0 Å². The number of hydrogen-bond acceptors (Lipinski definition) is 4. The van der Waals surface area contributed by atoms with E-state index in [2.05, 4.69) is 6.08 Å². The summed E-state index contributed by atoms with van der Waals surface area (Å²) in [5, 5.41) is 0. The zero-order valence-corrected chi connectivity index (χ0v) is 10.5. The highest BCUT2D eigenvalue weighted by atomic mass is 32.2. The molecule has 0 N–H and O–H groups in total. The third kappa shape index (κ3) is 2.15. The average Bonchev–Trinajstić information content (AvgIpc) is 2.46. The van der Waals surface area contributed by atoms with Crippen molar-refractivity contribution in [1.82, 2.24) is 0 Å². The third-order valence-electron chi connectivity index (χ3n) is 2.62. The van der Waals surface area contributed by atoms with Gasteiger partial charge in [0, 0.05) is 6.07 Å². The maximum Gasteiger partial charge on any atom is 0.179 e. The van der Waals surface area contributed by atoms with E-state index in [1.165, 1.54) is 20.3 Å². The van der Waals surface area contributed by atoms with Crippen LogP contribution in [0.2, 0.25) is 0 Å². The molecule has 91 valence electrons. The first-order valence-corrected chi connectivity index (χ1v) is 6.79. The Kier molecular flexibility index (Phi) is 3.11. The maximum atomic E-state index is 12.0. The van der Waals surface area contributed by atoms with Gasteiger partial charge in [-0.25, -0.2) is 8.42 Å². The van der Waals surface area contributed by atoms with Crippen LogP contribution in [0.4, 0.5) is 0 Å². The van der Waals surface area contributed by atoms with Gasteiger partial charge in [-0.1, -0.05) is 6.08 Å². The van der Waals surface area contributed by atoms with Gasteiger partial charge in [0.2, 0.25) is 0 Å². The second-order valence-electron chi connectivity index (χ2n) is 3.66. The Morgan fingerprint density at radius 1 is 1.18 bits per heavy atom. The molecule has 0 amide bonds. The largest absolute Gasteiger partial charge is 0.493 e. The Morgan fingerprint density at radius 3 is 2.47 bits per heavy atom. The van der Waals surface area contributed by atoms with Crippen LogP contribution in [0.15, 0.2) is 17.0 Å². The minimum atomic E-state index is -3.27. The first-order valence-electron chi connectivity index (χ1n) is 5.14. The topological polar surface area (TPSA) is 52.6 Å². The van der Waals surface area contributed by atoms with Gasteiger partial charge in [-0.3, -0.25) is 0 Å². The van der Waals surface area contributed by atoms with E-state index < -0.39 is 9.84 Å². The molecule has 0 saturated heterocycles. The number of rotatable bonds is 2. The molecule has 1 aliphatic rings. The van der Waals surface area contributed by atoms with Gasteiger partial charge in [-0.2, -0.15) is 0 Å². The molecule has 5 heteroatoms. The molecule has 0 bridgehead atoms. The Labute approximate surface area is 101 Å². The molecule has 0 fully saturated rings. The van der Waals surface area contributed by atoms with Crippen molar-refractivity contribution < 1.29 is 17.9 Å². The number of benzene rings is 1. The highest BCUT2D eigenvalue weighted by Gasteiger charge is 2.22. The molecule has 0 spiro atoms. The zero-order valence-electron chi connectivity index (χ0n) is 9.69. The SMILES string of the molecule is COc1cc2c(cc1OC)S(=O)(=O)CC[C]=C2. The lowest BCUT2D eigenvalue weighted by Crippen LogP contribution is -2.07. The number of methoxy groups -OCH3 is 2. The molecule has 4 nitrogen and oxygen atoms in total. The van der Waals surface area contributed by atoms with Gasteiger partial charge < -0.3 is 9.47 Å². The lowest BCUT2D eigenvalue weighted by atomic mass is 10.2. The molecule has 0 aliphatic carbocycles. The molecule has 1 aromatic rings. The number of hydrogen-bond donors (Lipinski definition) is 0. The first-order chi connectivity index (χ1) is 8.08. The van der Waals surface area contributed by atoms with Crippen molar-refractivity contribution in [2.24, 2.45) is 0 Å². The summed E-state index contributed by atoms with van der Waals surface area (Å²) in [7, 11) is -0.267. The molecule has 1 aromatic carbocycles. The number of allylic oxidation sites excluding steroid dienone is 1. The van der Waals surface area contributed by atoms with E-state index in [-0.39, 0.29) is 10.6 Å². The van der Waals surface area contributed by atoms with Crippen LogP contribution in [0, 0.1) is 6.08 Å². The zero-order chi connectivity index (χ0) is 12.5. The van der Waals surface area contributed by atoms with Gasteiger partial charge in [0.1, 0.15) is 0 Å². The van der Waals surface area contributed by atoms with Crippen LogP contribution in [0.3, 0.4) is 0 Å². The molecule has 0 unspecified atom stereocenters. The molecular weight excluding hydrogens is 240 g/mol. The normalized spacial score (nSPS) is 17.1. The van der Waals surface area contributed by atoms with Crippen molar-refractivity contribution >= 4 is 15.9 Å². The van der Waals surface area contributed by atoms with Crippen molar-refractivity contribution in [2.45, 2.75) is 11.3 Å². The van der Waals surface area contributed by atoms with E-state index in [0.29, 0.717) is 23.5 Å². The standard InChI is InChI=1S/C12H13O4S/c1-15-10-7-9-5-3-4-6-17(13,14)12(9)8-11(10)16-2/h5,7-8H,4,6H2,1-2H3. The van der Waals surface area contributed by atoms with Crippen LogP contribution in [0.5, 0.6) is 11.5 Å². The van der Waals surface area contributed by atoms with E-state index in [4.69, 9.17) is 9.47 Å². The molecular formula is C12H13O4S. The molecule has 0 aromatic heterocycles. The summed E-state index contributed by atoms with van der Waals surface area (Å²) in [6, 6.07) is 3.16. The third-order valence-corrected chi connectivity index (χ3v) is 4.39. The van der Waals surface area contributed by atoms with Crippen LogP contribution in [0.1, 0.15) is 12.0 Å². The molecule has 1 radical (unpaired) electrons. The van der Waals surface area contributed by atoms with Crippen molar-refractivity contribution in [1.29, 1.82) is 0 Å². The highest BCUT2D eigenvalue weighted by Crippen LogP contribution is 2.34. The number of fused-ring (bicyclic) bond motifs is 1. The molecule has 17 heavy (non-hydrogen) atoms. The predicted octanol–water partition coefficient (Wildman–Crippen LogP) is 1.70. The average molecular weight is 253 g/mol. The van der Waals surface area contributed by atoms with E-state index in [0.717, 1.165) is 0 Å². The smallest absolute Gasteiger partial charge is 0.179 e. The monoisotopic (exact) mass is 253 g/mol. The maximum absolute atomic E-state index is 12.0. The summed E-state index contributed by atoms with van der Waals surface area (Å²) >= 11 is 0. The molecule has 1 aliphatic heterocycles. The second kappa shape index (κ2) is 4.41. The number of sulfone groups is 1. The first kappa shape index (κ1) is 12.0. The van der Waals surface area contributed by atoms with Gasteiger partial charge in [-0.15, -0.1) is 0 Å². The predicted molar refractivity (Wildman–Crippen MR) is 63.9 cm³/mol. The van der Waals surface area contributed by atoms with Gasteiger partial charge in [0.15, 0.2) is 21.3 Å². The van der Waals surface area contributed by atoms with Gasteiger partial charge in [0.05, 0.1) is 24.9 Å². The van der Waals surface area contributed by atoms with Crippen molar-refractivity contribution in [3.05, 3.63) is 23.8 Å². The molecule has 2 rings (SSSR count). The fourth-order valence-electron chi connectivity index (χ4n) is 1.74. The van der Waals surface area contributed by atoms with Gasteiger partial charge in [-0.05, 0) is 24.1 Å². The van der Waals surface area contributed by atoms with Crippen LogP contribution in [-0.4, -0.2) is 28.4 Å². The lowest BCUT2D eigenvalue weighted by Gasteiger charge is -2.11. The fourth-order valence-corrected chi connectivity index (χ4v) is 3.11. The Hall–Kier alpha value is -1.49. The second-order valence-corrected chi connectivity index (χ2v) is 5.74. The summed E-state index contributed by atoms with van der Waals surface area (Å²) in [5.74, 6) is 1.01. The van der Waals surface area contributed by atoms with E-state index in [1.54, 1.807) is 12.1 Å².